The normalized spacial score (nSPS) is 9.53. The number of benzene rings is 1. The van der Waals surface area contributed by atoms with E-state index in [0.29, 0.717) is 12.3 Å². The van der Waals surface area contributed by atoms with Crippen LogP contribution in [0.15, 0.2) is 28.7 Å². The Labute approximate surface area is 108 Å². The van der Waals surface area contributed by atoms with Gasteiger partial charge in [-0.05, 0) is 25.1 Å². The lowest BCUT2D eigenvalue weighted by Crippen LogP contribution is -2.34. The van der Waals surface area contributed by atoms with Crippen LogP contribution in [0.1, 0.15) is 6.92 Å². The second-order valence-corrected chi connectivity index (χ2v) is 4.04. The van der Waals surface area contributed by atoms with Gasteiger partial charge in [0.1, 0.15) is 6.54 Å². The van der Waals surface area contributed by atoms with E-state index in [1.165, 1.54) is 0 Å². The van der Waals surface area contributed by atoms with Crippen LogP contribution >= 0.6 is 15.9 Å². The van der Waals surface area contributed by atoms with E-state index in [9.17, 15) is 9.59 Å². The molecule has 0 aliphatic rings. The van der Waals surface area contributed by atoms with Gasteiger partial charge in [-0.25, -0.2) is 4.79 Å². The third-order valence-electron chi connectivity index (χ3n) is 1.78. The van der Waals surface area contributed by atoms with Crippen molar-refractivity contribution in [2.75, 3.05) is 18.5 Å². The molecule has 0 saturated carbocycles. The molecule has 17 heavy (non-hydrogen) atoms. The Morgan fingerprint density at radius 2 is 2.18 bits per heavy atom. The van der Waals surface area contributed by atoms with Gasteiger partial charge in [-0.15, -0.1) is 0 Å². The second kappa shape index (κ2) is 6.90. The van der Waals surface area contributed by atoms with Crippen molar-refractivity contribution in [1.82, 2.24) is 5.32 Å². The highest BCUT2D eigenvalue weighted by molar-refractivity contribution is 9.10. The summed E-state index contributed by atoms with van der Waals surface area (Å²) in [5.74, 6) is -0.461. The highest BCUT2D eigenvalue weighted by Crippen LogP contribution is 2.15. The van der Waals surface area contributed by atoms with Gasteiger partial charge in [0.05, 0.1) is 6.61 Å². The summed E-state index contributed by atoms with van der Waals surface area (Å²) in [7, 11) is 0. The van der Waals surface area contributed by atoms with Gasteiger partial charge in [-0.3, -0.25) is 4.79 Å². The smallest absolute Gasteiger partial charge is 0.325 e. The lowest BCUT2D eigenvalue weighted by molar-refractivity contribution is -0.141. The summed E-state index contributed by atoms with van der Waals surface area (Å²) in [6.45, 7) is 1.86. The van der Waals surface area contributed by atoms with E-state index in [1.54, 1.807) is 25.1 Å². The van der Waals surface area contributed by atoms with E-state index in [1.807, 2.05) is 6.07 Å². The number of urea groups is 1. The van der Waals surface area contributed by atoms with Crippen LogP contribution in [-0.2, 0) is 9.53 Å². The zero-order valence-corrected chi connectivity index (χ0v) is 10.9. The van der Waals surface area contributed by atoms with Crippen LogP contribution in [0.4, 0.5) is 10.5 Å². The molecule has 92 valence electrons. The van der Waals surface area contributed by atoms with Gasteiger partial charge in [0.15, 0.2) is 0 Å². The van der Waals surface area contributed by atoms with Crippen LogP contribution in [0, 0.1) is 0 Å². The monoisotopic (exact) mass is 300 g/mol. The molecule has 0 atom stereocenters. The SMILES string of the molecule is CCOC(=O)CNC(=O)Nc1cccc(Br)c1. The first-order valence-electron chi connectivity index (χ1n) is 5.08. The molecular weight excluding hydrogens is 288 g/mol. The summed E-state index contributed by atoms with van der Waals surface area (Å²) >= 11 is 3.29. The van der Waals surface area contributed by atoms with E-state index >= 15 is 0 Å². The quantitative estimate of drug-likeness (QED) is 0.837. The Balaban J connectivity index is 2.37. The Hall–Kier alpha value is -1.56. The van der Waals surface area contributed by atoms with Crippen molar-refractivity contribution >= 4 is 33.6 Å². The molecule has 0 aliphatic carbocycles. The van der Waals surface area contributed by atoms with Crippen LogP contribution in [0.25, 0.3) is 0 Å². The summed E-state index contributed by atoms with van der Waals surface area (Å²) in [4.78, 5) is 22.4. The van der Waals surface area contributed by atoms with E-state index < -0.39 is 12.0 Å². The van der Waals surface area contributed by atoms with Crippen molar-refractivity contribution in [3.8, 4) is 0 Å². The summed E-state index contributed by atoms with van der Waals surface area (Å²) < 4.78 is 5.53. The Morgan fingerprint density at radius 3 is 2.82 bits per heavy atom. The number of hydrogen-bond acceptors (Lipinski definition) is 3. The summed E-state index contributed by atoms with van der Waals surface area (Å²) in [6, 6.07) is 6.70. The average molecular weight is 301 g/mol. The number of esters is 1. The molecule has 0 unspecified atom stereocenters. The van der Waals surface area contributed by atoms with E-state index in [4.69, 9.17) is 0 Å². The van der Waals surface area contributed by atoms with E-state index in [0.717, 1.165) is 4.47 Å². The minimum atomic E-state index is -0.461. The fourth-order valence-corrected chi connectivity index (χ4v) is 1.51. The molecule has 0 spiro atoms. The molecule has 1 aromatic rings. The maximum absolute atomic E-state index is 11.4. The molecule has 0 aromatic heterocycles. The van der Waals surface area contributed by atoms with Crippen molar-refractivity contribution in [3.05, 3.63) is 28.7 Å². The molecule has 0 heterocycles. The van der Waals surface area contributed by atoms with Crippen molar-refractivity contribution in [2.45, 2.75) is 6.92 Å². The second-order valence-electron chi connectivity index (χ2n) is 3.12. The van der Waals surface area contributed by atoms with Gasteiger partial charge in [-0.2, -0.15) is 0 Å². The van der Waals surface area contributed by atoms with Crippen LogP contribution in [0.3, 0.4) is 0 Å². The van der Waals surface area contributed by atoms with Crippen LogP contribution in [-0.4, -0.2) is 25.2 Å². The number of nitrogens with one attached hydrogen (secondary N) is 2. The standard InChI is InChI=1S/C11H13BrN2O3/c1-2-17-10(15)7-13-11(16)14-9-5-3-4-8(12)6-9/h3-6H,2,7H2,1H3,(H2,13,14,16). The lowest BCUT2D eigenvalue weighted by atomic mass is 10.3. The van der Waals surface area contributed by atoms with Gasteiger partial charge in [0, 0.05) is 10.2 Å². The summed E-state index contributed by atoms with van der Waals surface area (Å²) in [5, 5.41) is 4.99. The summed E-state index contributed by atoms with van der Waals surface area (Å²) in [5.41, 5.74) is 0.640. The third kappa shape index (κ3) is 5.35. The molecular formula is C11H13BrN2O3. The first-order chi connectivity index (χ1) is 8.11. The number of hydrogen-bond donors (Lipinski definition) is 2. The van der Waals surface area contributed by atoms with Crippen LogP contribution in [0.2, 0.25) is 0 Å². The van der Waals surface area contributed by atoms with Gasteiger partial charge >= 0.3 is 12.0 Å². The molecule has 0 bridgehead atoms. The first-order valence-corrected chi connectivity index (χ1v) is 5.87. The Morgan fingerprint density at radius 1 is 1.41 bits per heavy atom. The molecule has 1 aromatic carbocycles. The van der Waals surface area contributed by atoms with E-state index in [2.05, 4.69) is 31.3 Å². The highest BCUT2D eigenvalue weighted by atomic mass is 79.9. The molecule has 0 aliphatic heterocycles. The highest BCUT2D eigenvalue weighted by Gasteiger charge is 2.05. The molecule has 2 amide bonds. The largest absolute Gasteiger partial charge is 0.465 e. The minimum Gasteiger partial charge on any atom is -0.465 e. The number of anilines is 1. The number of carbonyl (C=O) groups excluding carboxylic acids is 2. The maximum Gasteiger partial charge on any atom is 0.325 e. The van der Waals surface area contributed by atoms with Crippen molar-refractivity contribution in [1.29, 1.82) is 0 Å². The molecule has 5 nitrogen and oxygen atoms in total. The first kappa shape index (κ1) is 13.5. The minimum absolute atomic E-state index is 0.145. The number of halogens is 1. The molecule has 1 rings (SSSR count). The van der Waals surface area contributed by atoms with Crippen molar-refractivity contribution < 1.29 is 14.3 Å². The zero-order valence-electron chi connectivity index (χ0n) is 9.33. The van der Waals surface area contributed by atoms with E-state index in [-0.39, 0.29) is 6.54 Å². The van der Waals surface area contributed by atoms with Gasteiger partial charge < -0.3 is 15.4 Å². The van der Waals surface area contributed by atoms with Crippen molar-refractivity contribution in [2.24, 2.45) is 0 Å². The topological polar surface area (TPSA) is 67.4 Å². The number of ether oxygens (including phenoxy) is 1. The lowest BCUT2D eigenvalue weighted by Gasteiger charge is -2.07. The van der Waals surface area contributed by atoms with Crippen LogP contribution < -0.4 is 10.6 Å². The Bertz CT molecular complexity index is 409. The predicted octanol–water partition coefficient (Wildman–Crippen LogP) is 2.13. The zero-order chi connectivity index (χ0) is 12.7. The molecule has 0 radical (unpaired) electrons. The number of rotatable bonds is 4. The van der Waals surface area contributed by atoms with Gasteiger partial charge in [0.25, 0.3) is 0 Å². The predicted molar refractivity (Wildman–Crippen MR) is 67.8 cm³/mol. The summed E-state index contributed by atoms with van der Waals surface area (Å²) in [6.07, 6.45) is 0. The fourth-order valence-electron chi connectivity index (χ4n) is 1.11. The number of amides is 2. The molecule has 0 fully saturated rings. The fraction of sp³-hybridized carbons (Fsp3) is 0.273. The molecule has 0 saturated heterocycles. The third-order valence-corrected chi connectivity index (χ3v) is 2.27. The van der Waals surface area contributed by atoms with Crippen molar-refractivity contribution in [3.63, 3.8) is 0 Å². The number of carbonyl (C=O) groups is 2. The molecule has 6 heteroatoms. The van der Waals surface area contributed by atoms with Gasteiger partial charge in [0.2, 0.25) is 0 Å². The van der Waals surface area contributed by atoms with Crippen LogP contribution in [0.5, 0.6) is 0 Å². The Kier molecular flexibility index (Phi) is 5.48. The maximum atomic E-state index is 11.4. The molecule has 2 N–H and O–H groups in total. The average Bonchev–Trinajstić information content (AvgIpc) is 2.27. The van der Waals surface area contributed by atoms with Gasteiger partial charge in [-0.1, -0.05) is 22.0 Å².